The molecule has 114 valence electrons. The van der Waals surface area contributed by atoms with Gasteiger partial charge in [-0.3, -0.25) is 9.59 Å². The van der Waals surface area contributed by atoms with Gasteiger partial charge in [-0.15, -0.1) is 0 Å². The Morgan fingerprint density at radius 2 is 1.86 bits per heavy atom. The van der Waals surface area contributed by atoms with E-state index in [1.807, 2.05) is 29.2 Å². The van der Waals surface area contributed by atoms with E-state index in [0.717, 1.165) is 24.8 Å². The van der Waals surface area contributed by atoms with Crippen LogP contribution in [0.2, 0.25) is 5.02 Å². The summed E-state index contributed by atoms with van der Waals surface area (Å²) in [5.74, 6) is 0.305. The van der Waals surface area contributed by atoms with Crippen molar-refractivity contribution in [3.8, 4) is 0 Å². The van der Waals surface area contributed by atoms with Gasteiger partial charge in [0.2, 0.25) is 11.8 Å². The summed E-state index contributed by atoms with van der Waals surface area (Å²) in [6, 6.07) is 7.59. The topological polar surface area (TPSA) is 49.4 Å². The molecule has 0 aliphatic carbocycles. The molecule has 21 heavy (non-hydrogen) atoms. The zero-order valence-corrected chi connectivity index (χ0v) is 13.0. The quantitative estimate of drug-likeness (QED) is 0.927. The fourth-order valence-corrected chi connectivity index (χ4v) is 2.78. The van der Waals surface area contributed by atoms with Crippen LogP contribution in [0.15, 0.2) is 24.3 Å². The van der Waals surface area contributed by atoms with Gasteiger partial charge in [0.1, 0.15) is 0 Å². The van der Waals surface area contributed by atoms with Gasteiger partial charge in [-0.25, -0.2) is 0 Å². The molecule has 0 spiro atoms. The van der Waals surface area contributed by atoms with Crippen molar-refractivity contribution in [1.82, 2.24) is 10.2 Å². The van der Waals surface area contributed by atoms with E-state index in [9.17, 15) is 9.59 Å². The predicted molar refractivity (Wildman–Crippen MR) is 83.1 cm³/mol. The first kappa shape index (κ1) is 15.8. The molecule has 0 atom stereocenters. The van der Waals surface area contributed by atoms with Crippen molar-refractivity contribution < 1.29 is 9.59 Å². The van der Waals surface area contributed by atoms with E-state index in [2.05, 4.69) is 5.32 Å². The third-order valence-corrected chi connectivity index (χ3v) is 4.26. The minimum Gasteiger partial charge on any atom is -0.359 e. The van der Waals surface area contributed by atoms with Gasteiger partial charge in [0.05, 0.1) is 0 Å². The zero-order valence-electron chi connectivity index (χ0n) is 12.3. The summed E-state index contributed by atoms with van der Waals surface area (Å²) < 4.78 is 0. The lowest BCUT2D eigenvalue weighted by Gasteiger charge is -2.31. The average Bonchev–Trinajstić information content (AvgIpc) is 2.53. The third-order valence-electron chi connectivity index (χ3n) is 4.01. The molecule has 0 radical (unpaired) electrons. The second-order valence-corrected chi connectivity index (χ2v) is 5.83. The van der Waals surface area contributed by atoms with Crippen molar-refractivity contribution in [2.75, 3.05) is 20.1 Å². The zero-order chi connectivity index (χ0) is 15.2. The maximum Gasteiger partial charge on any atom is 0.222 e. The predicted octanol–water partition coefficient (Wildman–Crippen LogP) is 2.26. The smallest absolute Gasteiger partial charge is 0.222 e. The number of benzene rings is 1. The van der Waals surface area contributed by atoms with E-state index >= 15 is 0 Å². The molecule has 4 nitrogen and oxygen atoms in total. The van der Waals surface area contributed by atoms with E-state index in [0.29, 0.717) is 24.5 Å². The van der Waals surface area contributed by atoms with Crippen LogP contribution >= 0.6 is 11.6 Å². The van der Waals surface area contributed by atoms with Crippen LogP contribution < -0.4 is 5.32 Å². The number of hydrogen-bond donors (Lipinski definition) is 1. The van der Waals surface area contributed by atoms with Gasteiger partial charge in [0.25, 0.3) is 0 Å². The van der Waals surface area contributed by atoms with Crippen molar-refractivity contribution in [3.63, 3.8) is 0 Å². The molecule has 5 heteroatoms. The Morgan fingerprint density at radius 3 is 2.43 bits per heavy atom. The lowest BCUT2D eigenvalue weighted by molar-refractivity contribution is -0.135. The number of hydrogen-bond acceptors (Lipinski definition) is 2. The number of piperidine rings is 1. The summed E-state index contributed by atoms with van der Waals surface area (Å²) in [7, 11) is 1.66. The van der Waals surface area contributed by atoms with E-state index in [1.165, 1.54) is 0 Å². The Kier molecular flexibility index (Phi) is 5.62. The molecule has 1 saturated heterocycles. The van der Waals surface area contributed by atoms with Gasteiger partial charge in [-0.2, -0.15) is 0 Å². The van der Waals surface area contributed by atoms with Crippen LogP contribution in [-0.2, 0) is 16.0 Å². The number of rotatable bonds is 4. The van der Waals surface area contributed by atoms with Crippen LogP contribution in [-0.4, -0.2) is 36.9 Å². The normalized spacial score (nSPS) is 15.8. The maximum atomic E-state index is 12.2. The summed E-state index contributed by atoms with van der Waals surface area (Å²) in [4.78, 5) is 25.6. The van der Waals surface area contributed by atoms with Crippen LogP contribution in [0.25, 0.3) is 0 Å². The minimum absolute atomic E-state index is 0.0512. The molecule has 1 heterocycles. The Bertz CT molecular complexity index is 494. The largest absolute Gasteiger partial charge is 0.359 e. The lowest BCUT2D eigenvalue weighted by atomic mass is 9.95. The number of likely N-dealkylation sites (tertiary alicyclic amines) is 1. The Labute approximate surface area is 130 Å². The number of carbonyl (C=O) groups is 2. The average molecular weight is 309 g/mol. The van der Waals surface area contributed by atoms with Gasteiger partial charge < -0.3 is 10.2 Å². The van der Waals surface area contributed by atoms with E-state index in [1.54, 1.807) is 7.05 Å². The van der Waals surface area contributed by atoms with Crippen LogP contribution in [0.4, 0.5) is 0 Å². The van der Waals surface area contributed by atoms with Crippen LogP contribution in [0, 0.1) is 5.92 Å². The summed E-state index contributed by atoms with van der Waals surface area (Å²) >= 11 is 5.84. The first-order chi connectivity index (χ1) is 10.1. The number of halogens is 1. The molecular weight excluding hydrogens is 288 g/mol. The summed E-state index contributed by atoms with van der Waals surface area (Å²) in [6.07, 6.45) is 2.75. The number of nitrogens with zero attached hydrogens (tertiary/aromatic N) is 1. The highest BCUT2D eigenvalue weighted by atomic mass is 35.5. The van der Waals surface area contributed by atoms with Gasteiger partial charge in [-0.05, 0) is 37.0 Å². The molecule has 2 rings (SSSR count). The highest BCUT2D eigenvalue weighted by Crippen LogP contribution is 2.18. The Hall–Kier alpha value is -1.55. The van der Waals surface area contributed by atoms with Crippen LogP contribution in [0.5, 0.6) is 0 Å². The van der Waals surface area contributed by atoms with Crippen LogP contribution in [0.3, 0.4) is 0 Å². The highest BCUT2D eigenvalue weighted by molar-refractivity contribution is 6.30. The van der Waals surface area contributed by atoms with Gasteiger partial charge in [0, 0.05) is 37.5 Å². The summed E-state index contributed by atoms with van der Waals surface area (Å²) in [5, 5.41) is 3.39. The fourth-order valence-electron chi connectivity index (χ4n) is 2.66. The number of nitrogens with one attached hydrogen (secondary N) is 1. The highest BCUT2D eigenvalue weighted by Gasteiger charge is 2.26. The standard InChI is InChI=1S/C16H21ClN2O2/c1-18-16(21)13-8-10-19(11-9-13)15(20)7-4-12-2-5-14(17)6-3-12/h2-3,5-6,13H,4,7-11H2,1H3,(H,18,21). The van der Waals surface area contributed by atoms with Gasteiger partial charge in [0.15, 0.2) is 0 Å². The fraction of sp³-hybridized carbons (Fsp3) is 0.500. The first-order valence-corrected chi connectivity index (χ1v) is 7.71. The summed E-state index contributed by atoms with van der Waals surface area (Å²) in [6.45, 7) is 1.36. The Balaban J connectivity index is 1.77. The minimum atomic E-state index is 0.0512. The molecule has 1 aromatic carbocycles. The third kappa shape index (κ3) is 4.46. The van der Waals surface area contributed by atoms with Crippen molar-refractivity contribution in [2.24, 2.45) is 5.92 Å². The Morgan fingerprint density at radius 1 is 1.24 bits per heavy atom. The van der Waals surface area contributed by atoms with Crippen molar-refractivity contribution >= 4 is 23.4 Å². The van der Waals surface area contributed by atoms with Crippen molar-refractivity contribution in [1.29, 1.82) is 0 Å². The molecule has 1 aliphatic rings. The number of aryl methyl sites for hydroxylation is 1. The molecule has 2 amide bonds. The molecule has 0 saturated carbocycles. The van der Waals surface area contributed by atoms with E-state index < -0.39 is 0 Å². The SMILES string of the molecule is CNC(=O)C1CCN(C(=O)CCc2ccc(Cl)cc2)CC1. The summed E-state index contributed by atoms with van der Waals surface area (Å²) in [5.41, 5.74) is 1.12. The monoisotopic (exact) mass is 308 g/mol. The molecular formula is C16H21ClN2O2. The van der Waals surface area contributed by atoms with Crippen molar-refractivity contribution in [3.05, 3.63) is 34.9 Å². The first-order valence-electron chi connectivity index (χ1n) is 7.34. The number of carbonyl (C=O) groups excluding carboxylic acids is 2. The molecule has 1 fully saturated rings. The second-order valence-electron chi connectivity index (χ2n) is 5.40. The van der Waals surface area contributed by atoms with Crippen LogP contribution in [0.1, 0.15) is 24.8 Å². The maximum absolute atomic E-state index is 12.2. The van der Waals surface area contributed by atoms with E-state index in [-0.39, 0.29) is 17.7 Å². The molecule has 0 aromatic heterocycles. The lowest BCUT2D eigenvalue weighted by Crippen LogP contribution is -2.42. The van der Waals surface area contributed by atoms with E-state index in [4.69, 9.17) is 11.6 Å². The van der Waals surface area contributed by atoms with Crippen molar-refractivity contribution in [2.45, 2.75) is 25.7 Å². The molecule has 1 aromatic rings. The number of amides is 2. The van der Waals surface area contributed by atoms with Gasteiger partial charge >= 0.3 is 0 Å². The van der Waals surface area contributed by atoms with Gasteiger partial charge in [-0.1, -0.05) is 23.7 Å². The molecule has 0 unspecified atom stereocenters. The second kappa shape index (κ2) is 7.46. The molecule has 1 N–H and O–H groups in total. The molecule has 0 bridgehead atoms. The molecule has 1 aliphatic heterocycles.